The minimum absolute atomic E-state index is 0.183. The largest absolute Gasteiger partial charge is 0.366 e. The molecule has 0 aliphatic carbocycles. The van der Waals surface area contributed by atoms with Crippen LogP contribution in [0.5, 0.6) is 0 Å². The van der Waals surface area contributed by atoms with Crippen molar-refractivity contribution < 1.29 is 19.2 Å². The first kappa shape index (κ1) is 38.9. The summed E-state index contributed by atoms with van der Waals surface area (Å²) < 4.78 is 7.37. The molecule has 2 aromatic carbocycles. The number of carbonyl (C=O) groups is 4. The molecule has 17 nitrogen and oxygen atoms in total. The van der Waals surface area contributed by atoms with Crippen LogP contribution in [0.2, 0.25) is 0 Å². The van der Waals surface area contributed by atoms with E-state index in [4.69, 9.17) is 20.8 Å². The first-order valence-corrected chi connectivity index (χ1v) is 19.4. The number of anilines is 3. The maximum atomic E-state index is 14.3. The number of hydrogen-bond acceptors (Lipinski definition) is 9. The summed E-state index contributed by atoms with van der Waals surface area (Å²) in [6.45, 7) is 7.93. The Morgan fingerprint density at radius 2 is 1.58 bits per heavy atom. The van der Waals surface area contributed by atoms with E-state index >= 15 is 0 Å². The van der Waals surface area contributed by atoms with E-state index in [1.54, 1.807) is 44.6 Å². The number of nitrogens with two attached hydrogens (primary N) is 1. The quantitative estimate of drug-likeness (QED) is 0.191. The van der Waals surface area contributed by atoms with Crippen molar-refractivity contribution in [3.8, 4) is 0 Å². The lowest BCUT2D eigenvalue weighted by atomic mass is 10.0. The maximum absolute atomic E-state index is 14.3. The van der Waals surface area contributed by atoms with Crippen LogP contribution in [0.15, 0.2) is 42.5 Å². The van der Waals surface area contributed by atoms with E-state index in [2.05, 4.69) is 21.0 Å². The molecule has 0 bridgehead atoms. The van der Waals surface area contributed by atoms with Crippen LogP contribution >= 0.6 is 0 Å². The third-order valence-electron chi connectivity index (χ3n) is 10.2. The molecule has 0 radical (unpaired) electrons. The minimum atomic E-state index is -0.572. The summed E-state index contributed by atoms with van der Waals surface area (Å²) >= 11 is 0. The molecule has 0 unspecified atom stereocenters. The highest BCUT2D eigenvalue weighted by molar-refractivity contribution is 6.06. The summed E-state index contributed by atoms with van der Waals surface area (Å²) in [7, 11) is 3.65. The fourth-order valence-electron chi connectivity index (χ4n) is 7.56. The first-order chi connectivity index (χ1) is 27.4. The van der Waals surface area contributed by atoms with Crippen LogP contribution in [0.4, 0.5) is 17.6 Å². The van der Waals surface area contributed by atoms with Gasteiger partial charge >= 0.3 is 0 Å². The summed E-state index contributed by atoms with van der Waals surface area (Å²) in [4.78, 5) is 64.5. The van der Waals surface area contributed by atoms with Gasteiger partial charge in [-0.25, -0.2) is 9.97 Å². The van der Waals surface area contributed by atoms with Gasteiger partial charge in [0, 0.05) is 37.3 Å². The minimum Gasteiger partial charge on any atom is -0.366 e. The highest BCUT2D eigenvalue weighted by Crippen LogP contribution is 2.29. The molecule has 0 fully saturated rings. The van der Waals surface area contributed by atoms with Crippen LogP contribution in [0.3, 0.4) is 0 Å². The molecule has 4 aromatic heterocycles. The van der Waals surface area contributed by atoms with E-state index in [1.807, 2.05) is 56.1 Å². The van der Waals surface area contributed by atoms with E-state index < -0.39 is 5.91 Å². The van der Waals surface area contributed by atoms with E-state index in [-0.39, 0.29) is 24.3 Å². The van der Waals surface area contributed by atoms with E-state index in [0.717, 1.165) is 47.2 Å². The number of para-hydroxylation sites is 1. The number of fused-ring (bicyclic) bond motifs is 8. The summed E-state index contributed by atoms with van der Waals surface area (Å²) in [5.41, 5.74) is 12.3. The third kappa shape index (κ3) is 8.14. The van der Waals surface area contributed by atoms with Crippen molar-refractivity contribution in [3.63, 3.8) is 0 Å². The number of nitrogens with one attached hydrogen (secondary N) is 3. The van der Waals surface area contributed by atoms with Crippen molar-refractivity contribution in [2.24, 2.45) is 5.73 Å². The molecule has 6 aromatic rings. The molecule has 57 heavy (non-hydrogen) atoms. The normalized spacial score (nSPS) is 14.6. The van der Waals surface area contributed by atoms with Crippen LogP contribution in [0, 0.1) is 13.8 Å². The second-order valence-corrected chi connectivity index (χ2v) is 14.7. The number of carbonyl (C=O) groups excluding carboxylic acids is 4. The van der Waals surface area contributed by atoms with Crippen molar-refractivity contribution in [2.45, 2.75) is 85.5 Å². The van der Waals surface area contributed by atoms with Crippen LogP contribution in [-0.4, -0.2) is 87.8 Å². The van der Waals surface area contributed by atoms with Crippen molar-refractivity contribution in [2.75, 3.05) is 36.6 Å². The highest BCUT2D eigenvalue weighted by atomic mass is 16.2. The molecule has 0 saturated carbocycles. The summed E-state index contributed by atoms with van der Waals surface area (Å²) in [6.07, 6.45) is 4.31. The fraction of sp³-hybridized carbons (Fsp3) is 0.400. The highest BCUT2D eigenvalue weighted by Gasteiger charge is 2.25. The molecule has 5 heterocycles. The second kappa shape index (κ2) is 16.4. The smallest absolute Gasteiger partial charge is 0.276 e. The van der Waals surface area contributed by atoms with Gasteiger partial charge in [-0.3, -0.25) is 39.2 Å². The van der Waals surface area contributed by atoms with Gasteiger partial charge in [0.1, 0.15) is 16.9 Å². The lowest BCUT2D eigenvalue weighted by molar-refractivity contribution is -0.116. The first-order valence-electron chi connectivity index (χ1n) is 19.4. The molecule has 0 saturated heterocycles. The molecular weight excluding hydrogens is 727 g/mol. The second-order valence-electron chi connectivity index (χ2n) is 14.7. The number of hydrogen-bond donors (Lipinski definition) is 4. The molecule has 7 rings (SSSR count). The number of amides is 4. The zero-order chi connectivity index (χ0) is 40.4. The standard InChI is InChI=1S/C40H49N13O4/c1-6-52-35-27(25(3)48-52)13-8-7-9-20-53-32(21-24(2)47-53)37(56)45-39-43-29-22-26(36(41)55)16-17-30(29)50(39)18-10-11-19-51-31-15-12-14-28(42-33(54)23-49(4)5)34(31)44-40(51)46-38(35)57/h12,14-17,21-22H,6-11,13,18-20,23H2,1-5H3,(H2,41,55)(H,42,54)(H,43,45,56)(H,44,46,57). The number of nitrogens with zero attached hydrogens (tertiary/aromatic N) is 9. The van der Waals surface area contributed by atoms with Gasteiger partial charge in [0.2, 0.25) is 23.7 Å². The Bertz CT molecular complexity index is 2500. The number of likely N-dealkylation sites (N-methyl/N-ethyl adjacent to an activating group) is 1. The number of imidazole rings is 2. The lowest BCUT2D eigenvalue weighted by Crippen LogP contribution is -2.27. The topological polar surface area (TPSA) is 205 Å². The van der Waals surface area contributed by atoms with Gasteiger partial charge < -0.3 is 25.1 Å². The van der Waals surface area contributed by atoms with Crippen LogP contribution in [0.1, 0.15) is 87.3 Å². The van der Waals surface area contributed by atoms with E-state index in [9.17, 15) is 19.2 Å². The predicted molar refractivity (Wildman–Crippen MR) is 217 cm³/mol. The van der Waals surface area contributed by atoms with Gasteiger partial charge in [0.25, 0.3) is 11.8 Å². The van der Waals surface area contributed by atoms with Gasteiger partial charge in [0.15, 0.2) is 0 Å². The fourth-order valence-corrected chi connectivity index (χ4v) is 7.56. The summed E-state index contributed by atoms with van der Waals surface area (Å²) in [5.74, 6) is -0.709. The molecule has 4 amide bonds. The van der Waals surface area contributed by atoms with Crippen molar-refractivity contribution in [1.29, 1.82) is 0 Å². The SMILES string of the molecule is CCn1nc(C)c2c1C(=O)Nc1nc3c(NC(=O)CN(C)C)cccc3n1CCCCn1c(nc3cc(C(N)=O)ccc31)NC(=O)c1cc(C)nn1CCCCC2. The van der Waals surface area contributed by atoms with Gasteiger partial charge in [0.05, 0.1) is 40.2 Å². The molecule has 0 spiro atoms. The van der Waals surface area contributed by atoms with Crippen molar-refractivity contribution in [3.05, 3.63) is 76.4 Å². The Labute approximate surface area is 329 Å². The van der Waals surface area contributed by atoms with Crippen LogP contribution < -0.4 is 21.7 Å². The number of primary amides is 1. The monoisotopic (exact) mass is 775 g/mol. The lowest BCUT2D eigenvalue weighted by Gasteiger charge is -2.13. The number of benzene rings is 2. The molecule has 1 aliphatic heterocycles. The van der Waals surface area contributed by atoms with Gasteiger partial charge in [-0.2, -0.15) is 10.2 Å². The van der Waals surface area contributed by atoms with Crippen molar-refractivity contribution in [1.82, 2.24) is 43.6 Å². The summed E-state index contributed by atoms with van der Waals surface area (Å²) in [5, 5.41) is 18.5. The zero-order valence-corrected chi connectivity index (χ0v) is 33.1. The molecule has 0 atom stereocenters. The third-order valence-corrected chi connectivity index (χ3v) is 10.2. The zero-order valence-electron chi connectivity index (χ0n) is 33.1. The summed E-state index contributed by atoms with van der Waals surface area (Å²) in [6, 6.07) is 12.4. The molecule has 17 heteroatoms. The molecule has 1 aliphatic rings. The number of aromatic nitrogens is 8. The Balaban J connectivity index is 1.28. The molecule has 298 valence electrons. The predicted octanol–water partition coefficient (Wildman–Crippen LogP) is 4.73. The van der Waals surface area contributed by atoms with Gasteiger partial charge in [-0.1, -0.05) is 12.5 Å². The maximum Gasteiger partial charge on any atom is 0.276 e. The average Bonchev–Trinajstić information content (AvgIpc) is 3.90. The van der Waals surface area contributed by atoms with E-state index in [0.29, 0.717) is 91.0 Å². The number of rotatable bonds is 5. The Kier molecular flexibility index (Phi) is 11.2. The van der Waals surface area contributed by atoms with Crippen LogP contribution in [0.25, 0.3) is 22.1 Å². The van der Waals surface area contributed by atoms with Crippen LogP contribution in [-0.2, 0) is 37.4 Å². The number of aryl methyl sites for hydroxylation is 6. The Morgan fingerprint density at radius 1 is 0.860 bits per heavy atom. The van der Waals surface area contributed by atoms with Gasteiger partial charge in [-0.15, -0.1) is 0 Å². The van der Waals surface area contributed by atoms with E-state index in [1.165, 1.54) is 0 Å². The van der Waals surface area contributed by atoms with Gasteiger partial charge in [-0.05, 0) is 103 Å². The van der Waals surface area contributed by atoms with Crippen molar-refractivity contribution >= 4 is 63.3 Å². The average molecular weight is 776 g/mol. The molecule has 5 N–H and O–H groups in total. The Morgan fingerprint density at radius 3 is 2.32 bits per heavy atom. The Hall–Kier alpha value is -6.36. The molecular formula is C40H49N13O4.